The molecule has 0 saturated carbocycles. The minimum Gasteiger partial charge on any atom is -0.478 e. The third-order valence-corrected chi connectivity index (χ3v) is 3.02. The van der Waals surface area contributed by atoms with Gasteiger partial charge in [-0.05, 0) is 44.0 Å². The van der Waals surface area contributed by atoms with Crippen LogP contribution in [-0.2, 0) is 11.3 Å². The zero-order valence-corrected chi connectivity index (χ0v) is 12.0. The van der Waals surface area contributed by atoms with Crippen LogP contribution >= 0.6 is 0 Å². The molecule has 0 aliphatic rings. The summed E-state index contributed by atoms with van der Waals surface area (Å²) in [5, 5.41) is 8.57. The highest BCUT2D eigenvalue weighted by molar-refractivity contribution is 5.85. The van der Waals surface area contributed by atoms with Gasteiger partial charge in [0.1, 0.15) is 0 Å². The van der Waals surface area contributed by atoms with Crippen LogP contribution in [-0.4, -0.2) is 28.6 Å². The third kappa shape index (κ3) is 5.71. The van der Waals surface area contributed by atoms with Crippen molar-refractivity contribution in [1.82, 2.24) is 4.90 Å². The first kappa shape index (κ1) is 15.4. The van der Waals surface area contributed by atoms with Crippen LogP contribution in [0.5, 0.6) is 0 Å². The highest BCUT2D eigenvalue weighted by Crippen LogP contribution is 2.11. The van der Waals surface area contributed by atoms with Crippen molar-refractivity contribution in [3.05, 3.63) is 41.5 Å². The predicted octanol–water partition coefficient (Wildman–Crippen LogP) is 3.40. The molecule has 1 aromatic carbocycles. The van der Waals surface area contributed by atoms with E-state index in [9.17, 15) is 4.79 Å². The van der Waals surface area contributed by atoms with E-state index in [1.807, 2.05) is 12.1 Å². The van der Waals surface area contributed by atoms with Gasteiger partial charge < -0.3 is 5.11 Å². The second kappa shape index (κ2) is 7.74. The van der Waals surface area contributed by atoms with Crippen molar-refractivity contribution in [3.63, 3.8) is 0 Å². The van der Waals surface area contributed by atoms with Gasteiger partial charge in [-0.3, -0.25) is 4.90 Å². The topological polar surface area (TPSA) is 40.5 Å². The lowest BCUT2D eigenvalue weighted by molar-refractivity contribution is -0.131. The summed E-state index contributed by atoms with van der Waals surface area (Å²) in [6.07, 6.45) is 3.92. The van der Waals surface area contributed by atoms with Crippen molar-refractivity contribution in [1.29, 1.82) is 0 Å². The molecule has 0 amide bonds. The Kier molecular flexibility index (Phi) is 6.30. The van der Waals surface area contributed by atoms with Gasteiger partial charge in [-0.25, -0.2) is 4.79 Å². The molecular weight excluding hydrogens is 238 g/mol. The van der Waals surface area contributed by atoms with Crippen LogP contribution < -0.4 is 0 Å². The molecule has 1 rings (SSSR count). The Hall–Kier alpha value is -1.61. The van der Waals surface area contributed by atoms with Crippen LogP contribution in [0.3, 0.4) is 0 Å². The molecule has 0 heterocycles. The Balaban J connectivity index is 2.67. The summed E-state index contributed by atoms with van der Waals surface area (Å²) in [6, 6.07) is 8.57. The molecule has 0 saturated heterocycles. The van der Waals surface area contributed by atoms with Crippen molar-refractivity contribution in [2.45, 2.75) is 39.8 Å². The molecule has 0 bridgehead atoms. The van der Waals surface area contributed by atoms with E-state index in [2.05, 4.69) is 37.8 Å². The molecule has 0 atom stereocenters. The zero-order valence-electron chi connectivity index (χ0n) is 12.0. The van der Waals surface area contributed by atoms with E-state index in [-0.39, 0.29) is 0 Å². The van der Waals surface area contributed by atoms with Gasteiger partial charge in [0, 0.05) is 18.7 Å². The number of hydrogen-bond donors (Lipinski definition) is 1. The number of carboxylic acids is 1. The molecule has 0 radical (unpaired) electrons. The number of aliphatic carboxylic acids is 1. The lowest BCUT2D eigenvalue weighted by atomic mass is 10.1. The van der Waals surface area contributed by atoms with Crippen molar-refractivity contribution >= 4 is 12.0 Å². The van der Waals surface area contributed by atoms with Gasteiger partial charge in [0.05, 0.1) is 0 Å². The molecule has 0 spiro atoms. The molecule has 19 heavy (non-hydrogen) atoms. The van der Waals surface area contributed by atoms with Crippen molar-refractivity contribution in [2.75, 3.05) is 6.54 Å². The maximum Gasteiger partial charge on any atom is 0.328 e. The summed E-state index contributed by atoms with van der Waals surface area (Å²) in [5.74, 6) is -0.919. The van der Waals surface area contributed by atoms with Crippen LogP contribution in [0.2, 0.25) is 0 Å². The van der Waals surface area contributed by atoms with Crippen LogP contribution in [0.1, 0.15) is 38.3 Å². The summed E-state index contributed by atoms with van der Waals surface area (Å²) < 4.78 is 0. The summed E-state index contributed by atoms with van der Waals surface area (Å²) in [7, 11) is 0. The highest BCUT2D eigenvalue weighted by atomic mass is 16.4. The van der Waals surface area contributed by atoms with Crippen LogP contribution in [0.25, 0.3) is 6.08 Å². The quantitative estimate of drug-likeness (QED) is 0.765. The molecule has 0 fully saturated rings. The lowest BCUT2D eigenvalue weighted by Gasteiger charge is -2.26. The Morgan fingerprint density at radius 2 is 1.95 bits per heavy atom. The fourth-order valence-corrected chi connectivity index (χ4v) is 1.94. The predicted molar refractivity (Wildman–Crippen MR) is 78.9 cm³/mol. The number of carbonyl (C=O) groups is 1. The summed E-state index contributed by atoms with van der Waals surface area (Å²) in [4.78, 5) is 12.9. The number of hydrogen-bond acceptors (Lipinski definition) is 2. The average molecular weight is 261 g/mol. The normalized spacial score (nSPS) is 11.6. The average Bonchev–Trinajstić information content (AvgIpc) is 2.37. The second-order valence-corrected chi connectivity index (χ2v) is 4.98. The van der Waals surface area contributed by atoms with E-state index in [1.165, 1.54) is 5.56 Å². The van der Waals surface area contributed by atoms with Gasteiger partial charge in [-0.15, -0.1) is 0 Å². The second-order valence-electron chi connectivity index (χ2n) is 4.98. The monoisotopic (exact) mass is 261 g/mol. The van der Waals surface area contributed by atoms with E-state index < -0.39 is 5.97 Å². The molecule has 0 aliphatic heterocycles. The van der Waals surface area contributed by atoms with Gasteiger partial charge >= 0.3 is 5.97 Å². The Morgan fingerprint density at radius 3 is 2.42 bits per heavy atom. The van der Waals surface area contributed by atoms with E-state index in [4.69, 9.17) is 5.11 Å². The van der Waals surface area contributed by atoms with Gasteiger partial charge in [0.15, 0.2) is 0 Å². The first-order valence-corrected chi connectivity index (χ1v) is 6.77. The van der Waals surface area contributed by atoms with E-state index in [0.717, 1.165) is 31.1 Å². The summed E-state index contributed by atoms with van der Waals surface area (Å²) in [5.41, 5.74) is 2.17. The fraction of sp³-hybridized carbons (Fsp3) is 0.438. The molecule has 1 aromatic rings. The Morgan fingerprint density at radius 1 is 1.32 bits per heavy atom. The van der Waals surface area contributed by atoms with Crippen molar-refractivity contribution in [3.8, 4) is 0 Å². The molecule has 3 heteroatoms. The first-order valence-electron chi connectivity index (χ1n) is 6.77. The molecule has 0 aromatic heterocycles. The number of benzene rings is 1. The minimum absolute atomic E-state index is 0.534. The largest absolute Gasteiger partial charge is 0.478 e. The zero-order chi connectivity index (χ0) is 14.3. The van der Waals surface area contributed by atoms with Gasteiger partial charge in [0.25, 0.3) is 0 Å². The van der Waals surface area contributed by atoms with Crippen LogP contribution in [0, 0.1) is 0 Å². The fourth-order valence-electron chi connectivity index (χ4n) is 1.94. The minimum atomic E-state index is -0.919. The van der Waals surface area contributed by atoms with Crippen LogP contribution in [0.4, 0.5) is 0 Å². The number of rotatable bonds is 7. The number of nitrogens with zero attached hydrogens (tertiary/aromatic N) is 1. The van der Waals surface area contributed by atoms with E-state index >= 15 is 0 Å². The van der Waals surface area contributed by atoms with Gasteiger partial charge in [-0.1, -0.05) is 31.2 Å². The maximum atomic E-state index is 10.4. The molecule has 0 unspecified atom stereocenters. The molecule has 1 N–H and O–H groups in total. The highest BCUT2D eigenvalue weighted by Gasteiger charge is 2.08. The third-order valence-electron chi connectivity index (χ3n) is 3.02. The maximum absolute atomic E-state index is 10.4. The first-order chi connectivity index (χ1) is 9.02. The molecule has 3 nitrogen and oxygen atoms in total. The molecule has 0 aliphatic carbocycles. The lowest BCUT2D eigenvalue weighted by Crippen LogP contribution is -2.30. The molecular formula is C16H23NO2. The SMILES string of the molecule is CCCN(Cc1ccc(C=CC(=O)O)cc1)C(C)C. The van der Waals surface area contributed by atoms with Gasteiger partial charge in [-0.2, -0.15) is 0 Å². The summed E-state index contributed by atoms with van der Waals surface area (Å²) >= 11 is 0. The van der Waals surface area contributed by atoms with E-state index in [1.54, 1.807) is 6.08 Å². The smallest absolute Gasteiger partial charge is 0.328 e. The summed E-state index contributed by atoms with van der Waals surface area (Å²) in [6.45, 7) is 8.64. The van der Waals surface area contributed by atoms with Crippen LogP contribution in [0.15, 0.2) is 30.3 Å². The van der Waals surface area contributed by atoms with E-state index in [0.29, 0.717) is 6.04 Å². The van der Waals surface area contributed by atoms with Crippen molar-refractivity contribution < 1.29 is 9.90 Å². The number of carboxylic acid groups (broad SMARTS) is 1. The van der Waals surface area contributed by atoms with Crippen molar-refractivity contribution in [2.24, 2.45) is 0 Å². The standard InChI is InChI=1S/C16H23NO2/c1-4-11-17(13(2)3)12-15-7-5-14(6-8-15)9-10-16(18)19/h5-10,13H,4,11-12H2,1-3H3,(H,18,19). The molecule has 104 valence electrons. The van der Waals surface area contributed by atoms with Gasteiger partial charge in [0.2, 0.25) is 0 Å². The Bertz CT molecular complexity index is 421. The Labute approximate surface area is 115 Å².